The zero-order chi connectivity index (χ0) is 17.7. The summed E-state index contributed by atoms with van der Waals surface area (Å²) in [6.45, 7) is 4.64. The second kappa shape index (κ2) is 7.49. The molecule has 0 unspecified atom stereocenters. The molecule has 0 saturated carbocycles. The quantitative estimate of drug-likeness (QED) is 0.800. The molecule has 0 spiro atoms. The molecule has 2 rings (SSSR count). The van der Waals surface area contributed by atoms with Crippen molar-refractivity contribution in [2.45, 2.75) is 13.8 Å². The van der Waals surface area contributed by atoms with Gasteiger partial charge in [0.05, 0.1) is 25.1 Å². The van der Waals surface area contributed by atoms with Crippen LogP contribution in [0, 0.1) is 0 Å². The van der Waals surface area contributed by atoms with E-state index in [9.17, 15) is 9.59 Å². The van der Waals surface area contributed by atoms with Gasteiger partial charge in [-0.2, -0.15) is 5.10 Å². The van der Waals surface area contributed by atoms with Crippen molar-refractivity contribution in [3.8, 4) is 11.5 Å². The molecule has 2 amide bonds. The molecular formula is C16H20N4O4. The Bertz CT molecular complexity index is 755. The topological polar surface area (TPSA) is 108 Å². The maximum Gasteiger partial charge on any atom is 0.269 e. The highest BCUT2D eigenvalue weighted by Gasteiger charge is 2.18. The molecule has 0 aliphatic carbocycles. The van der Waals surface area contributed by atoms with Gasteiger partial charge in [-0.15, -0.1) is 0 Å². The number of ether oxygens (including phenoxy) is 2. The first-order chi connectivity index (χ1) is 11.5. The van der Waals surface area contributed by atoms with Crippen LogP contribution in [0.5, 0.6) is 11.5 Å². The summed E-state index contributed by atoms with van der Waals surface area (Å²) in [5.74, 6) is -0.0371. The molecule has 0 atom stereocenters. The van der Waals surface area contributed by atoms with Gasteiger partial charge in [0.25, 0.3) is 11.8 Å². The first-order valence-corrected chi connectivity index (χ1v) is 7.50. The number of amides is 2. The largest absolute Gasteiger partial charge is 0.490 e. The number of nitrogens with one attached hydrogen (secondary N) is 1. The lowest BCUT2D eigenvalue weighted by molar-refractivity contribution is 0.0992. The molecule has 2 aromatic rings. The normalized spacial score (nSPS) is 10.3. The summed E-state index contributed by atoms with van der Waals surface area (Å²) >= 11 is 0. The van der Waals surface area contributed by atoms with E-state index < -0.39 is 11.8 Å². The fourth-order valence-electron chi connectivity index (χ4n) is 2.21. The standard InChI is InChI=1S/C16H20N4O4/c1-4-23-12-7-6-10(8-13(12)24-5-2)16(22)19-11-9-18-20(3)14(11)15(17)21/h6-9H,4-5H2,1-3H3,(H2,17,21)(H,19,22). The highest BCUT2D eigenvalue weighted by molar-refractivity contribution is 6.08. The van der Waals surface area contributed by atoms with Crippen LogP contribution in [0.25, 0.3) is 0 Å². The third kappa shape index (κ3) is 3.65. The number of hydrogen-bond acceptors (Lipinski definition) is 5. The number of carbonyl (C=O) groups excluding carboxylic acids is 2. The molecule has 0 aliphatic rings. The lowest BCUT2D eigenvalue weighted by atomic mass is 10.2. The van der Waals surface area contributed by atoms with Crippen LogP contribution < -0.4 is 20.5 Å². The Hall–Kier alpha value is -3.03. The Labute approximate surface area is 139 Å². The molecule has 0 fully saturated rings. The van der Waals surface area contributed by atoms with Gasteiger partial charge in [0.1, 0.15) is 5.69 Å². The van der Waals surface area contributed by atoms with E-state index >= 15 is 0 Å². The van der Waals surface area contributed by atoms with Crippen LogP contribution >= 0.6 is 0 Å². The number of rotatable bonds is 7. The van der Waals surface area contributed by atoms with E-state index in [1.54, 1.807) is 25.2 Å². The second-order valence-electron chi connectivity index (χ2n) is 4.88. The summed E-state index contributed by atoms with van der Waals surface area (Å²) < 4.78 is 12.3. The van der Waals surface area contributed by atoms with Gasteiger partial charge >= 0.3 is 0 Å². The van der Waals surface area contributed by atoms with Crippen molar-refractivity contribution in [2.24, 2.45) is 12.8 Å². The van der Waals surface area contributed by atoms with Crippen LogP contribution in [0.15, 0.2) is 24.4 Å². The van der Waals surface area contributed by atoms with E-state index in [2.05, 4.69) is 10.4 Å². The van der Waals surface area contributed by atoms with Crippen molar-refractivity contribution in [1.29, 1.82) is 0 Å². The summed E-state index contributed by atoms with van der Waals surface area (Å²) in [4.78, 5) is 23.9. The predicted molar refractivity (Wildman–Crippen MR) is 88.5 cm³/mol. The number of aryl methyl sites for hydroxylation is 1. The fourth-order valence-corrected chi connectivity index (χ4v) is 2.21. The van der Waals surface area contributed by atoms with Crippen molar-refractivity contribution < 1.29 is 19.1 Å². The van der Waals surface area contributed by atoms with Gasteiger partial charge in [-0.05, 0) is 32.0 Å². The lowest BCUT2D eigenvalue weighted by Crippen LogP contribution is -2.20. The van der Waals surface area contributed by atoms with E-state index in [4.69, 9.17) is 15.2 Å². The summed E-state index contributed by atoms with van der Waals surface area (Å²) in [5, 5.41) is 6.56. The monoisotopic (exact) mass is 332 g/mol. The highest BCUT2D eigenvalue weighted by Crippen LogP contribution is 2.29. The maximum atomic E-state index is 12.4. The smallest absolute Gasteiger partial charge is 0.269 e. The Morgan fingerprint density at radius 2 is 1.88 bits per heavy atom. The van der Waals surface area contributed by atoms with Gasteiger partial charge in [-0.3, -0.25) is 14.3 Å². The predicted octanol–water partition coefficient (Wildman–Crippen LogP) is 1.57. The highest BCUT2D eigenvalue weighted by atomic mass is 16.5. The molecule has 1 heterocycles. The summed E-state index contributed by atoms with van der Waals surface area (Å²) in [5.41, 5.74) is 6.04. The first kappa shape index (κ1) is 17.3. The summed E-state index contributed by atoms with van der Waals surface area (Å²) in [6.07, 6.45) is 1.37. The van der Waals surface area contributed by atoms with E-state index in [0.717, 1.165) is 0 Å². The third-order valence-electron chi connectivity index (χ3n) is 3.23. The maximum absolute atomic E-state index is 12.4. The van der Waals surface area contributed by atoms with E-state index in [1.165, 1.54) is 10.9 Å². The van der Waals surface area contributed by atoms with Crippen LogP contribution in [0.3, 0.4) is 0 Å². The number of anilines is 1. The second-order valence-corrected chi connectivity index (χ2v) is 4.88. The number of aromatic nitrogens is 2. The van der Waals surface area contributed by atoms with Crippen molar-refractivity contribution in [1.82, 2.24) is 9.78 Å². The minimum absolute atomic E-state index is 0.124. The fraction of sp³-hybridized carbons (Fsp3) is 0.312. The Morgan fingerprint density at radius 3 is 2.50 bits per heavy atom. The van der Waals surface area contributed by atoms with Crippen molar-refractivity contribution in [2.75, 3.05) is 18.5 Å². The first-order valence-electron chi connectivity index (χ1n) is 7.50. The van der Waals surface area contributed by atoms with Crippen molar-refractivity contribution in [3.63, 3.8) is 0 Å². The lowest BCUT2D eigenvalue weighted by Gasteiger charge is -2.12. The van der Waals surface area contributed by atoms with Crippen molar-refractivity contribution >= 4 is 17.5 Å². The molecule has 8 heteroatoms. The minimum Gasteiger partial charge on any atom is -0.490 e. The SMILES string of the molecule is CCOc1ccc(C(=O)Nc2cnn(C)c2C(N)=O)cc1OCC. The third-order valence-corrected chi connectivity index (χ3v) is 3.23. The molecule has 0 radical (unpaired) electrons. The molecule has 8 nitrogen and oxygen atoms in total. The number of nitrogens with zero attached hydrogens (tertiary/aromatic N) is 2. The molecule has 0 bridgehead atoms. The average Bonchev–Trinajstić information content (AvgIpc) is 2.90. The minimum atomic E-state index is -0.674. The summed E-state index contributed by atoms with van der Waals surface area (Å²) in [7, 11) is 1.57. The van der Waals surface area contributed by atoms with Crippen LogP contribution in [0.1, 0.15) is 34.7 Å². The van der Waals surface area contributed by atoms with Crippen LogP contribution in [-0.2, 0) is 7.05 Å². The molecule has 1 aromatic carbocycles. The molecule has 24 heavy (non-hydrogen) atoms. The number of carbonyl (C=O) groups is 2. The number of nitrogens with two attached hydrogens (primary N) is 1. The van der Waals surface area contributed by atoms with Crippen molar-refractivity contribution in [3.05, 3.63) is 35.7 Å². The molecule has 128 valence electrons. The Kier molecular flexibility index (Phi) is 5.41. The number of benzene rings is 1. The zero-order valence-corrected chi connectivity index (χ0v) is 13.8. The molecular weight excluding hydrogens is 312 g/mol. The average molecular weight is 332 g/mol. The van der Waals surface area contributed by atoms with Gasteiger partial charge in [-0.1, -0.05) is 0 Å². The number of hydrogen-bond donors (Lipinski definition) is 2. The van der Waals surface area contributed by atoms with E-state index in [0.29, 0.717) is 30.3 Å². The van der Waals surface area contributed by atoms with Crippen LogP contribution in [-0.4, -0.2) is 34.8 Å². The summed E-state index contributed by atoms with van der Waals surface area (Å²) in [6, 6.07) is 4.87. The van der Waals surface area contributed by atoms with Crippen LogP contribution in [0.2, 0.25) is 0 Å². The Morgan fingerprint density at radius 1 is 1.21 bits per heavy atom. The van der Waals surface area contributed by atoms with Gasteiger partial charge in [0.2, 0.25) is 0 Å². The van der Waals surface area contributed by atoms with Crippen LogP contribution in [0.4, 0.5) is 5.69 Å². The van der Waals surface area contributed by atoms with Gasteiger partial charge in [0.15, 0.2) is 11.5 Å². The molecule has 1 aromatic heterocycles. The van der Waals surface area contributed by atoms with Gasteiger partial charge < -0.3 is 20.5 Å². The Balaban J connectivity index is 2.27. The molecule has 3 N–H and O–H groups in total. The number of primary amides is 1. The zero-order valence-electron chi connectivity index (χ0n) is 13.8. The molecule has 0 saturated heterocycles. The van der Waals surface area contributed by atoms with E-state index in [1.807, 2.05) is 13.8 Å². The van der Waals surface area contributed by atoms with Gasteiger partial charge in [-0.25, -0.2) is 0 Å². The van der Waals surface area contributed by atoms with E-state index in [-0.39, 0.29) is 11.4 Å². The van der Waals surface area contributed by atoms with Gasteiger partial charge in [0, 0.05) is 12.6 Å². The molecule has 0 aliphatic heterocycles.